The first-order valence-corrected chi connectivity index (χ1v) is 8.70. The summed E-state index contributed by atoms with van der Waals surface area (Å²) in [5.41, 5.74) is 3.97. The van der Waals surface area contributed by atoms with Crippen LogP contribution in [-0.2, 0) is 0 Å². The second-order valence-electron chi connectivity index (χ2n) is 6.20. The summed E-state index contributed by atoms with van der Waals surface area (Å²) in [5.74, 6) is 1.31. The quantitative estimate of drug-likeness (QED) is 0.671. The molecule has 0 atom stereocenters. The number of benzene rings is 2. The van der Waals surface area contributed by atoms with E-state index >= 15 is 0 Å². The molecule has 2 aromatic carbocycles. The number of anilines is 3. The van der Waals surface area contributed by atoms with Crippen LogP contribution in [0, 0.1) is 13.8 Å². The van der Waals surface area contributed by atoms with Gasteiger partial charge in [-0.05, 0) is 37.1 Å². The van der Waals surface area contributed by atoms with Crippen LogP contribution < -0.4 is 20.1 Å². The van der Waals surface area contributed by atoms with Gasteiger partial charge in [0.15, 0.2) is 11.5 Å². The number of nitrogens with zero attached hydrogens (tertiary/aromatic N) is 2. The number of carbonyl (C=O) groups excluding carboxylic acids is 1. The summed E-state index contributed by atoms with van der Waals surface area (Å²) in [5, 5.41) is 6.07. The van der Waals surface area contributed by atoms with Gasteiger partial charge < -0.3 is 20.1 Å². The van der Waals surface area contributed by atoms with Gasteiger partial charge in [0.2, 0.25) is 0 Å². The largest absolute Gasteiger partial charge is 0.493 e. The topological polar surface area (TPSA) is 85.4 Å². The summed E-state index contributed by atoms with van der Waals surface area (Å²) >= 11 is 0. The summed E-state index contributed by atoms with van der Waals surface area (Å²) in [6.45, 7) is 4.03. The van der Waals surface area contributed by atoms with Gasteiger partial charge >= 0.3 is 0 Å². The zero-order valence-electron chi connectivity index (χ0n) is 16.2. The lowest BCUT2D eigenvalue weighted by Crippen LogP contribution is -2.14. The maximum absolute atomic E-state index is 12.6. The Labute approximate surface area is 163 Å². The van der Waals surface area contributed by atoms with Crippen LogP contribution in [0.1, 0.15) is 21.6 Å². The van der Waals surface area contributed by atoms with Crippen molar-refractivity contribution in [3.05, 3.63) is 65.6 Å². The summed E-state index contributed by atoms with van der Waals surface area (Å²) in [6, 6.07) is 12.8. The second kappa shape index (κ2) is 8.39. The van der Waals surface area contributed by atoms with Gasteiger partial charge in [-0.25, -0.2) is 9.97 Å². The average Bonchev–Trinajstić information content (AvgIpc) is 2.71. The number of amides is 1. The van der Waals surface area contributed by atoms with Crippen LogP contribution in [0.5, 0.6) is 11.5 Å². The fourth-order valence-electron chi connectivity index (χ4n) is 2.80. The van der Waals surface area contributed by atoms with Gasteiger partial charge in [0.05, 0.1) is 14.2 Å². The van der Waals surface area contributed by atoms with Crippen LogP contribution in [0.15, 0.2) is 48.8 Å². The van der Waals surface area contributed by atoms with E-state index in [4.69, 9.17) is 9.47 Å². The molecule has 1 aromatic heterocycles. The van der Waals surface area contributed by atoms with Crippen molar-refractivity contribution in [1.29, 1.82) is 0 Å². The highest BCUT2D eigenvalue weighted by Gasteiger charge is 2.12. The maximum Gasteiger partial charge on any atom is 0.274 e. The van der Waals surface area contributed by atoms with Crippen LogP contribution in [0.25, 0.3) is 0 Å². The van der Waals surface area contributed by atoms with Gasteiger partial charge in [-0.1, -0.05) is 18.2 Å². The van der Waals surface area contributed by atoms with Crippen LogP contribution in [-0.4, -0.2) is 30.1 Å². The van der Waals surface area contributed by atoms with Gasteiger partial charge in [0, 0.05) is 23.5 Å². The van der Waals surface area contributed by atoms with Crippen molar-refractivity contribution in [3.8, 4) is 11.5 Å². The third-order valence-corrected chi connectivity index (χ3v) is 4.28. The molecule has 0 saturated heterocycles. The smallest absolute Gasteiger partial charge is 0.274 e. The number of ether oxygens (including phenoxy) is 2. The van der Waals surface area contributed by atoms with E-state index in [0.717, 1.165) is 16.8 Å². The second-order valence-corrected chi connectivity index (χ2v) is 6.20. The van der Waals surface area contributed by atoms with Gasteiger partial charge in [-0.2, -0.15) is 0 Å². The van der Waals surface area contributed by atoms with E-state index in [2.05, 4.69) is 20.6 Å². The number of nitrogens with one attached hydrogen (secondary N) is 2. The minimum absolute atomic E-state index is 0.249. The Morgan fingerprint density at radius 3 is 2.32 bits per heavy atom. The van der Waals surface area contributed by atoms with Crippen molar-refractivity contribution in [2.75, 3.05) is 24.9 Å². The Morgan fingerprint density at radius 2 is 1.64 bits per heavy atom. The molecule has 0 radical (unpaired) electrons. The maximum atomic E-state index is 12.6. The van der Waals surface area contributed by atoms with E-state index in [1.54, 1.807) is 38.5 Å². The zero-order chi connectivity index (χ0) is 20.1. The molecule has 0 spiro atoms. The molecule has 1 amide bonds. The van der Waals surface area contributed by atoms with Gasteiger partial charge in [-0.3, -0.25) is 4.79 Å². The highest BCUT2D eigenvalue weighted by atomic mass is 16.5. The number of aryl methyl sites for hydroxylation is 2. The Hall–Kier alpha value is -3.61. The van der Waals surface area contributed by atoms with Crippen LogP contribution in [0.3, 0.4) is 0 Å². The summed E-state index contributed by atoms with van der Waals surface area (Å²) in [4.78, 5) is 20.9. The molecule has 1 heterocycles. The predicted molar refractivity (Wildman–Crippen MR) is 109 cm³/mol. The average molecular weight is 378 g/mol. The highest BCUT2D eigenvalue weighted by Crippen LogP contribution is 2.30. The normalized spacial score (nSPS) is 10.3. The Morgan fingerprint density at radius 1 is 0.929 bits per heavy atom. The third kappa shape index (κ3) is 4.20. The Bertz CT molecular complexity index is 984. The minimum Gasteiger partial charge on any atom is -0.493 e. The number of hydrogen-bond donors (Lipinski definition) is 2. The Kier molecular flexibility index (Phi) is 5.74. The molecule has 0 aliphatic rings. The van der Waals surface area contributed by atoms with E-state index in [1.165, 1.54) is 6.33 Å². The number of para-hydroxylation sites is 1. The minimum atomic E-state index is -0.348. The molecule has 2 N–H and O–H groups in total. The number of rotatable bonds is 6. The summed E-state index contributed by atoms with van der Waals surface area (Å²) in [7, 11) is 3.10. The van der Waals surface area contributed by atoms with Crippen LogP contribution in [0.4, 0.5) is 17.2 Å². The number of carbonyl (C=O) groups is 1. The molecule has 3 rings (SSSR count). The molecule has 7 nitrogen and oxygen atoms in total. The lowest BCUT2D eigenvalue weighted by molar-refractivity contribution is 0.102. The van der Waals surface area contributed by atoms with E-state index in [-0.39, 0.29) is 11.6 Å². The molecule has 3 aromatic rings. The van der Waals surface area contributed by atoms with E-state index < -0.39 is 0 Å². The molecule has 0 saturated carbocycles. The van der Waals surface area contributed by atoms with E-state index in [9.17, 15) is 4.79 Å². The highest BCUT2D eigenvalue weighted by molar-refractivity contribution is 6.03. The number of methoxy groups -OCH3 is 2. The molecule has 0 aliphatic heterocycles. The molecule has 0 unspecified atom stereocenters. The van der Waals surface area contributed by atoms with Crippen molar-refractivity contribution >= 4 is 23.1 Å². The van der Waals surface area contributed by atoms with Crippen LogP contribution in [0.2, 0.25) is 0 Å². The fraction of sp³-hybridized carbons (Fsp3) is 0.190. The SMILES string of the molecule is COc1ccc(NC(=O)c2cc(Nc3c(C)cccc3C)ncn2)cc1OC. The van der Waals surface area contributed by atoms with Crippen molar-refractivity contribution in [3.63, 3.8) is 0 Å². The Balaban J connectivity index is 1.79. The summed E-state index contributed by atoms with van der Waals surface area (Å²) < 4.78 is 10.5. The van der Waals surface area contributed by atoms with Gasteiger partial charge in [0.1, 0.15) is 17.8 Å². The van der Waals surface area contributed by atoms with E-state index in [0.29, 0.717) is 23.0 Å². The van der Waals surface area contributed by atoms with Crippen molar-refractivity contribution < 1.29 is 14.3 Å². The lowest BCUT2D eigenvalue weighted by Gasteiger charge is -2.13. The van der Waals surface area contributed by atoms with Gasteiger partial charge in [-0.15, -0.1) is 0 Å². The molecule has 144 valence electrons. The summed E-state index contributed by atoms with van der Waals surface area (Å²) in [6.07, 6.45) is 1.36. The molecule has 0 fully saturated rings. The van der Waals surface area contributed by atoms with Crippen LogP contribution >= 0.6 is 0 Å². The van der Waals surface area contributed by atoms with Gasteiger partial charge in [0.25, 0.3) is 5.91 Å². The molecular weight excluding hydrogens is 356 g/mol. The standard InChI is InChI=1S/C21H22N4O3/c1-13-6-5-7-14(2)20(13)25-19-11-16(22-12-23-19)21(26)24-15-8-9-17(27-3)18(10-15)28-4/h5-12H,1-4H3,(H,24,26)(H,22,23,25). The molecule has 28 heavy (non-hydrogen) atoms. The number of hydrogen-bond acceptors (Lipinski definition) is 6. The first-order chi connectivity index (χ1) is 13.5. The fourth-order valence-corrected chi connectivity index (χ4v) is 2.80. The first-order valence-electron chi connectivity index (χ1n) is 8.70. The molecular formula is C21H22N4O3. The number of aromatic nitrogens is 2. The molecule has 0 aliphatic carbocycles. The first kappa shape index (κ1) is 19.2. The lowest BCUT2D eigenvalue weighted by atomic mass is 10.1. The molecule has 0 bridgehead atoms. The zero-order valence-corrected chi connectivity index (χ0v) is 16.2. The van der Waals surface area contributed by atoms with Crippen molar-refractivity contribution in [2.45, 2.75) is 13.8 Å². The third-order valence-electron chi connectivity index (χ3n) is 4.28. The monoisotopic (exact) mass is 378 g/mol. The van der Waals surface area contributed by atoms with Crippen molar-refractivity contribution in [1.82, 2.24) is 9.97 Å². The van der Waals surface area contributed by atoms with Crippen molar-refractivity contribution in [2.24, 2.45) is 0 Å². The molecule has 7 heteroatoms. The van der Waals surface area contributed by atoms with E-state index in [1.807, 2.05) is 32.0 Å². The predicted octanol–water partition coefficient (Wildman–Crippen LogP) is 4.11.